The molecule has 1 N–H and O–H groups in total. The van der Waals surface area contributed by atoms with Crippen LogP contribution in [-0.4, -0.2) is 22.7 Å². The third-order valence-electron chi connectivity index (χ3n) is 5.97. The number of aliphatic hydroxyl groups is 1. The Balaban J connectivity index is 1.77. The Hall–Kier alpha value is -2.42. The summed E-state index contributed by atoms with van der Waals surface area (Å²) < 4.78 is 0.782. The number of nitrogens with zero attached hydrogens (tertiary/aromatic N) is 1. The van der Waals surface area contributed by atoms with Crippen LogP contribution in [0.3, 0.4) is 0 Å². The molecule has 0 spiro atoms. The van der Waals surface area contributed by atoms with Crippen LogP contribution < -0.4 is 0 Å². The van der Waals surface area contributed by atoms with E-state index in [1.807, 2.05) is 30.3 Å². The van der Waals surface area contributed by atoms with Crippen LogP contribution in [0.5, 0.6) is 0 Å². The molecule has 1 aliphatic heterocycles. The second-order valence-corrected chi connectivity index (χ2v) is 7.71. The lowest BCUT2D eigenvalue weighted by molar-refractivity contribution is -0.960. The number of hydrogen-bond donors (Lipinski definition) is 1. The summed E-state index contributed by atoms with van der Waals surface area (Å²) in [6, 6.07) is 27.5. The highest BCUT2D eigenvalue weighted by Gasteiger charge is 2.38. The van der Waals surface area contributed by atoms with Gasteiger partial charge < -0.3 is 9.59 Å². The predicted octanol–water partition coefficient (Wildman–Crippen LogP) is 4.94. The SMILES string of the molecule is C[C@H]([C@H](O)c1ccccc1)[N+]1(C)Cc2ccccc2-c2ccccc2C1. The standard InChI is InChI=1S/C24H26NO/c1-18(24(26)19-10-4-3-5-11-19)25(2)16-20-12-6-8-14-22(20)23-15-9-7-13-21(23)17-25/h3-15,18,24,26H,16-17H2,1-2H3/q+1/t18-,24+/m1/s1. The van der Waals surface area contributed by atoms with Crippen LogP contribution in [0.25, 0.3) is 11.1 Å². The van der Waals surface area contributed by atoms with Gasteiger partial charge in [0, 0.05) is 11.1 Å². The summed E-state index contributed by atoms with van der Waals surface area (Å²) in [6.45, 7) is 4.00. The molecule has 0 saturated carbocycles. The molecule has 0 aliphatic carbocycles. The van der Waals surface area contributed by atoms with Gasteiger partial charge in [-0.05, 0) is 23.6 Å². The number of hydrogen-bond acceptors (Lipinski definition) is 1. The van der Waals surface area contributed by atoms with Crippen molar-refractivity contribution < 1.29 is 9.59 Å². The summed E-state index contributed by atoms with van der Waals surface area (Å²) in [5, 5.41) is 11.1. The van der Waals surface area contributed by atoms with Gasteiger partial charge in [-0.15, -0.1) is 0 Å². The first kappa shape index (κ1) is 17.0. The van der Waals surface area contributed by atoms with Crippen molar-refractivity contribution >= 4 is 0 Å². The molecule has 4 rings (SSSR count). The number of benzene rings is 3. The van der Waals surface area contributed by atoms with Gasteiger partial charge in [0.15, 0.2) is 0 Å². The summed E-state index contributed by atoms with van der Waals surface area (Å²) >= 11 is 0. The lowest BCUT2D eigenvalue weighted by atomic mass is 9.97. The lowest BCUT2D eigenvalue weighted by Gasteiger charge is -2.41. The fourth-order valence-corrected chi connectivity index (χ4v) is 4.23. The molecule has 132 valence electrons. The maximum Gasteiger partial charge on any atom is 0.130 e. The number of fused-ring (bicyclic) bond motifs is 3. The Labute approximate surface area is 155 Å². The topological polar surface area (TPSA) is 20.2 Å². The van der Waals surface area contributed by atoms with E-state index in [4.69, 9.17) is 0 Å². The number of likely N-dealkylation sites (N-methyl/N-ethyl adjacent to an activating group) is 1. The smallest absolute Gasteiger partial charge is 0.130 e. The van der Waals surface area contributed by atoms with Crippen molar-refractivity contribution in [3.63, 3.8) is 0 Å². The molecule has 0 radical (unpaired) electrons. The summed E-state index contributed by atoms with van der Waals surface area (Å²) in [5.41, 5.74) is 6.35. The van der Waals surface area contributed by atoms with Crippen molar-refractivity contribution in [2.45, 2.75) is 32.2 Å². The number of aliphatic hydroxyl groups excluding tert-OH is 1. The molecule has 0 fully saturated rings. The third-order valence-corrected chi connectivity index (χ3v) is 5.97. The molecule has 0 unspecified atom stereocenters. The second kappa shape index (κ2) is 6.71. The highest BCUT2D eigenvalue weighted by molar-refractivity contribution is 5.71. The Morgan fingerprint density at radius 2 is 1.19 bits per heavy atom. The molecule has 0 saturated heterocycles. The van der Waals surface area contributed by atoms with Crippen molar-refractivity contribution in [1.82, 2.24) is 0 Å². The van der Waals surface area contributed by atoms with E-state index in [-0.39, 0.29) is 6.04 Å². The summed E-state index contributed by atoms with van der Waals surface area (Å²) in [4.78, 5) is 0. The van der Waals surface area contributed by atoms with E-state index in [9.17, 15) is 5.11 Å². The maximum absolute atomic E-state index is 11.1. The van der Waals surface area contributed by atoms with Crippen molar-refractivity contribution in [2.75, 3.05) is 7.05 Å². The molecular weight excluding hydrogens is 318 g/mol. The summed E-state index contributed by atoms with van der Waals surface area (Å²) in [6.07, 6.45) is -0.487. The van der Waals surface area contributed by atoms with Gasteiger partial charge in [-0.2, -0.15) is 0 Å². The van der Waals surface area contributed by atoms with E-state index in [1.54, 1.807) is 0 Å². The van der Waals surface area contributed by atoms with Crippen molar-refractivity contribution in [3.8, 4) is 11.1 Å². The van der Waals surface area contributed by atoms with Crippen molar-refractivity contribution in [3.05, 3.63) is 95.6 Å². The molecule has 2 nitrogen and oxygen atoms in total. The fourth-order valence-electron chi connectivity index (χ4n) is 4.23. The summed E-state index contributed by atoms with van der Waals surface area (Å²) in [5.74, 6) is 0. The van der Waals surface area contributed by atoms with Crippen molar-refractivity contribution in [1.29, 1.82) is 0 Å². The van der Waals surface area contributed by atoms with E-state index in [2.05, 4.69) is 62.5 Å². The van der Waals surface area contributed by atoms with Crippen molar-refractivity contribution in [2.24, 2.45) is 0 Å². The first-order chi connectivity index (χ1) is 12.6. The molecule has 26 heavy (non-hydrogen) atoms. The van der Waals surface area contributed by atoms with E-state index in [1.165, 1.54) is 22.3 Å². The van der Waals surface area contributed by atoms with Gasteiger partial charge >= 0.3 is 0 Å². The van der Waals surface area contributed by atoms with Crippen LogP contribution >= 0.6 is 0 Å². The van der Waals surface area contributed by atoms with Crippen LogP contribution in [-0.2, 0) is 13.1 Å². The van der Waals surface area contributed by atoms with Gasteiger partial charge in [0.05, 0.1) is 7.05 Å². The monoisotopic (exact) mass is 344 g/mol. The quantitative estimate of drug-likeness (QED) is 0.668. The number of rotatable bonds is 3. The zero-order valence-corrected chi connectivity index (χ0v) is 15.5. The normalized spacial score (nSPS) is 17.5. The molecule has 1 aliphatic rings. The molecule has 3 aromatic rings. The molecule has 0 aromatic heterocycles. The molecule has 1 heterocycles. The highest BCUT2D eigenvalue weighted by Crippen LogP contribution is 2.38. The third kappa shape index (κ3) is 2.96. The molecule has 3 aromatic carbocycles. The molecular formula is C24H26NO+. The first-order valence-electron chi connectivity index (χ1n) is 9.32. The van der Waals surface area contributed by atoms with Crippen LogP contribution in [0.4, 0.5) is 0 Å². The fraction of sp³-hybridized carbons (Fsp3) is 0.250. The van der Waals surface area contributed by atoms with Gasteiger partial charge in [0.25, 0.3) is 0 Å². The van der Waals surface area contributed by atoms with Gasteiger partial charge in [0.2, 0.25) is 0 Å². The van der Waals surface area contributed by atoms with E-state index < -0.39 is 6.10 Å². The van der Waals surface area contributed by atoms with Crippen LogP contribution in [0.15, 0.2) is 78.9 Å². The van der Waals surface area contributed by atoms with Gasteiger partial charge in [-0.25, -0.2) is 0 Å². The van der Waals surface area contributed by atoms with E-state index >= 15 is 0 Å². The van der Waals surface area contributed by atoms with E-state index in [0.29, 0.717) is 0 Å². The molecule has 0 amide bonds. The lowest BCUT2D eigenvalue weighted by Crippen LogP contribution is -2.51. The highest BCUT2D eigenvalue weighted by atomic mass is 16.3. The minimum atomic E-state index is -0.487. The zero-order chi connectivity index (χ0) is 18.1. The second-order valence-electron chi connectivity index (χ2n) is 7.71. The zero-order valence-electron chi connectivity index (χ0n) is 15.5. The first-order valence-corrected chi connectivity index (χ1v) is 9.32. The van der Waals surface area contributed by atoms with Gasteiger partial charge in [-0.1, -0.05) is 78.9 Å². The van der Waals surface area contributed by atoms with Crippen LogP contribution in [0, 0.1) is 0 Å². The minimum Gasteiger partial charge on any atom is -0.382 e. The Morgan fingerprint density at radius 1 is 0.731 bits per heavy atom. The summed E-state index contributed by atoms with van der Waals surface area (Å²) in [7, 11) is 2.27. The maximum atomic E-state index is 11.1. The molecule has 2 atom stereocenters. The number of quaternary nitrogens is 1. The van der Waals surface area contributed by atoms with E-state index in [0.717, 1.165) is 23.1 Å². The Morgan fingerprint density at radius 3 is 1.73 bits per heavy atom. The minimum absolute atomic E-state index is 0.0802. The molecule has 2 heteroatoms. The molecule has 0 bridgehead atoms. The van der Waals surface area contributed by atoms with Crippen LogP contribution in [0.1, 0.15) is 29.7 Å². The average molecular weight is 344 g/mol. The Bertz CT molecular complexity index is 855. The largest absolute Gasteiger partial charge is 0.382 e. The predicted molar refractivity (Wildman–Crippen MR) is 106 cm³/mol. The van der Waals surface area contributed by atoms with Crippen LogP contribution in [0.2, 0.25) is 0 Å². The average Bonchev–Trinajstić information content (AvgIpc) is 2.81. The Kier molecular flexibility index (Phi) is 4.39. The van der Waals surface area contributed by atoms with Gasteiger partial charge in [0.1, 0.15) is 25.2 Å². The van der Waals surface area contributed by atoms with Gasteiger partial charge in [-0.3, -0.25) is 0 Å².